The lowest BCUT2D eigenvalue weighted by atomic mass is 10.0. The Bertz CT molecular complexity index is 390. The molecule has 118 valence electrons. The van der Waals surface area contributed by atoms with Gasteiger partial charge in [-0.2, -0.15) is 0 Å². The van der Waals surface area contributed by atoms with Crippen LogP contribution in [0.1, 0.15) is 31.7 Å². The monoisotopic (exact) mass is 291 g/mol. The van der Waals surface area contributed by atoms with Gasteiger partial charge < -0.3 is 14.9 Å². The lowest BCUT2D eigenvalue weighted by Gasteiger charge is -2.37. The lowest BCUT2D eigenvalue weighted by molar-refractivity contribution is 0.0723. The van der Waals surface area contributed by atoms with Crippen molar-refractivity contribution in [1.29, 1.82) is 0 Å². The Morgan fingerprint density at radius 3 is 2.62 bits per heavy atom. The van der Waals surface area contributed by atoms with Crippen LogP contribution in [0, 0.1) is 0 Å². The molecule has 4 nitrogen and oxygen atoms in total. The Morgan fingerprint density at radius 1 is 1.33 bits per heavy atom. The van der Waals surface area contributed by atoms with Gasteiger partial charge in [0, 0.05) is 31.5 Å². The Balaban J connectivity index is 1.68. The zero-order valence-electron chi connectivity index (χ0n) is 13.4. The number of likely N-dealkylation sites (N-methyl/N-ethyl adjacent to an activating group) is 1. The lowest BCUT2D eigenvalue weighted by Crippen LogP contribution is -2.45. The van der Waals surface area contributed by atoms with Gasteiger partial charge in [0.05, 0.1) is 6.10 Å². The van der Waals surface area contributed by atoms with Crippen molar-refractivity contribution >= 4 is 0 Å². The van der Waals surface area contributed by atoms with E-state index in [4.69, 9.17) is 0 Å². The number of aliphatic hydroxyl groups excluding tert-OH is 1. The first-order chi connectivity index (χ1) is 10.2. The number of aromatic nitrogens is 1. The average Bonchev–Trinajstić information content (AvgIpc) is 2.54. The van der Waals surface area contributed by atoms with E-state index in [1.54, 1.807) is 0 Å². The number of hydrogen-bond acceptors (Lipinski definition) is 4. The molecule has 1 N–H and O–H groups in total. The second kappa shape index (κ2) is 8.47. The highest BCUT2D eigenvalue weighted by atomic mass is 16.3. The van der Waals surface area contributed by atoms with Crippen molar-refractivity contribution in [2.45, 2.75) is 44.8 Å². The maximum absolute atomic E-state index is 9.76. The third kappa shape index (κ3) is 5.38. The minimum absolute atomic E-state index is 0.181. The maximum atomic E-state index is 9.76. The Hall–Kier alpha value is -0.970. The van der Waals surface area contributed by atoms with Crippen LogP contribution in [0.3, 0.4) is 0 Å². The Kier molecular flexibility index (Phi) is 6.61. The van der Waals surface area contributed by atoms with Crippen molar-refractivity contribution in [3.8, 4) is 0 Å². The molecule has 0 unspecified atom stereocenters. The van der Waals surface area contributed by atoms with Gasteiger partial charge in [0.15, 0.2) is 0 Å². The summed E-state index contributed by atoms with van der Waals surface area (Å²) in [4.78, 5) is 8.96. The van der Waals surface area contributed by atoms with Crippen LogP contribution < -0.4 is 0 Å². The van der Waals surface area contributed by atoms with Crippen molar-refractivity contribution in [3.63, 3.8) is 0 Å². The number of nitrogens with zero attached hydrogens (tertiary/aromatic N) is 3. The number of likely N-dealkylation sites (tertiary alicyclic amines) is 1. The van der Waals surface area contributed by atoms with Gasteiger partial charge in [0.1, 0.15) is 0 Å². The van der Waals surface area contributed by atoms with Crippen LogP contribution in [0.2, 0.25) is 0 Å². The first kappa shape index (κ1) is 16.4. The van der Waals surface area contributed by atoms with E-state index in [0.717, 1.165) is 25.9 Å². The minimum Gasteiger partial charge on any atom is -0.392 e. The summed E-state index contributed by atoms with van der Waals surface area (Å²) in [7, 11) is 2.15. The molecule has 1 aromatic heterocycles. The van der Waals surface area contributed by atoms with E-state index in [0.29, 0.717) is 6.04 Å². The van der Waals surface area contributed by atoms with Crippen molar-refractivity contribution < 1.29 is 5.11 Å². The number of pyridine rings is 1. The number of hydrogen-bond donors (Lipinski definition) is 1. The van der Waals surface area contributed by atoms with Crippen molar-refractivity contribution in [2.75, 3.05) is 33.2 Å². The van der Waals surface area contributed by atoms with Crippen LogP contribution in [0.15, 0.2) is 24.5 Å². The molecule has 0 bridgehead atoms. The van der Waals surface area contributed by atoms with Gasteiger partial charge in [-0.1, -0.05) is 6.92 Å². The largest absolute Gasteiger partial charge is 0.392 e. The molecule has 1 saturated heterocycles. The van der Waals surface area contributed by atoms with Gasteiger partial charge in [0.2, 0.25) is 0 Å². The zero-order valence-corrected chi connectivity index (χ0v) is 13.4. The summed E-state index contributed by atoms with van der Waals surface area (Å²) in [5.41, 5.74) is 1.37. The average molecular weight is 291 g/mol. The molecule has 4 heteroatoms. The third-order valence-electron chi connectivity index (χ3n) is 4.62. The van der Waals surface area contributed by atoms with Gasteiger partial charge in [0.25, 0.3) is 0 Å². The molecule has 0 amide bonds. The molecule has 1 aromatic rings. The molecule has 0 radical (unpaired) electrons. The molecule has 1 atom stereocenters. The minimum atomic E-state index is -0.181. The third-order valence-corrected chi connectivity index (χ3v) is 4.62. The molecule has 21 heavy (non-hydrogen) atoms. The maximum Gasteiger partial charge on any atom is 0.0664 e. The summed E-state index contributed by atoms with van der Waals surface area (Å²) in [5, 5.41) is 9.76. The van der Waals surface area contributed by atoms with Crippen LogP contribution in [0.4, 0.5) is 0 Å². The zero-order chi connectivity index (χ0) is 15.1. The summed E-state index contributed by atoms with van der Waals surface area (Å²) < 4.78 is 0. The van der Waals surface area contributed by atoms with Gasteiger partial charge in [-0.05, 0) is 63.5 Å². The predicted octanol–water partition coefficient (Wildman–Crippen LogP) is 1.79. The number of rotatable bonds is 7. The molecule has 0 saturated carbocycles. The van der Waals surface area contributed by atoms with E-state index in [9.17, 15) is 5.11 Å². The smallest absolute Gasteiger partial charge is 0.0664 e. The van der Waals surface area contributed by atoms with E-state index >= 15 is 0 Å². The van der Waals surface area contributed by atoms with E-state index in [1.807, 2.05) is 19.3 Å². The van der Waals surface area contributed by atoms with E-state index < -0.39 is 0 Å². The number of aliphatic hydroxyl groups is 1. The molecule has 0 aromatic carbocycles. The molecule has 2 rings (SSSR count). The Labute approximate surface area is 128 Å². The van der Waals surface area contributed by atoms with Crippen LogP contribution in [0.5, 0.6) is 0 Å². The van der Waals surface area contributed by atoms with E-state index in [-0.39, 0.29) is 6.10 Å². The second-order valence-corrected chi connectivity index (χ2v) is 6.18. The second-order valence-electron chi connectivity index (χ2n) is 6.18. The normalized spacial score (nSPS) is 19.0. The molecule has 1 fully saturated rings. The molecule has 0 aliphatic carbocycles. The summed E-state index contributed by atoms with van der Waals surface area (Å²) in [6, 6.07) is 4.84. The van der Waals surface area contributed by atoms with Gasteiger partial charge in [-0.3, -0.25) is 4.98 Å². The van der Waals surface area contributed by atoms with Gasteiger partial charge >= 0.3 is 0 Å². The first-order valence-corrected chi connectivity index (χ1v) is 8.18. The summed E-state index contributed by atoms with van der Waals surface area (Å²) in [5.74, 6) is 0. The van der Waals surface area contributed by atoms with E-state index in [2.05, 4.69) is 34.0 Å². The topological polar surface area (TPSA) is 39.6 Å². The van der Waals surface area contributed by atoms with Gasteiger partial charge in [-0.25, -0.2) is 0 Å². The quantitative estimate of drug-likeness (QED) is 0.831. The summed E-state index contributed by atoms with van der Waals surface area (Å²) >= 11 is 0. The highest BCUT2D eigenvalue weighted by Gasteiger charge is 2.23. The van der Waals surface area contributed by atoms with Gasteiger partial charge in [-0.15, -0.1) is 0 Å². The molecular weight excluding hydrogens is 262 g/mol. The summed E-state index contributed by atoms with van der Waals surface area (Å²) in [6.07, 6.45) is 7.93. The standard InChI is InChI=1S/C17H29N3O/c1-3-17(21)14-19(2)16-7-12-20(13-8-16)11-6-15-4-9-18-10-5-15/h4-5,9-10,16-17,21H,3,6-8,11-14H2,1-2H3/t17-/m0/s1. The fourth-order valence-corrected chi connectivity index (χ4v) is 3.03. The SMILES string of the molecule is CC[C@H](O)CN(C)C1CCN(CCc2ccncc2)CC1. The number of piperidine rings is 1. The van der Waals surface area contributed by atoms with Crippen molar-refractivity contribution in [3.05, 3.63) is 30.1 Å². The van der Waals surface area contributed by atoms with Crippen LogP contribution >= 0.6 is 0 Å². The molecule has 1 aliphatic heterocycles. The Morgan fingerprint density at radius 2 is 2.00 bits per heavy atom. The summed E-state index contributed by atoms with van der Waals surface area (Å²) in [6.45, 7) is 6.32. The van der Waals surface area contributed by atoms with Crippen molar-refractivity contribution in [2.24, 2.45) is 0 Å². The van der Waals surface area contributed by atoms with E-state index in [1.165, 1.54) is 31.5 Å². The highest BCUT2D eigenvalue weighted by molar-refractivity contribution is 5.09. The molecule has 1 aliphatic rings. The molecule has 2 heterocycles. The first-order valence-electron chi connectivity index (χ1n) is 8.18. The van der Waals surface area contributed by atoms with Crippen LogP contribution in [0.25, 0.3) is 0 Å². The fraction of sp³-hybridized carbons (Fsp3) is 0.706. The van der Waals surface area contributed by atoms with Crippen LogP contribution in [-0.4, -0.2) is 65.3 Å². The highest BCUT2D eigenvalue weighted by Crippen LogP contribution is 2.16. The molecule has 0 spiro atoms. The van der Waals surface area contributed by atoms with Crippen molar-refractivity contribution in [1.82, 2.24) is 14.8 Å². The predicted molar refractivity (Wildman–Crippen MR) is 86.3 cm³/mol. The fourth-order valence-electron chi connectivity index (χ4n) is 3.03. The van der Waals surface area contributed by atoms with Crippen LogP contribution in [-0.2, 0) is 6.42 Å². The molecular formula is C17H29N3O.